The molecular formula is C11H19N3O2. The van der Waals surface area contributed by atoms with Crippen LogP contribution >= 0.6 is 0 Å². The van der Waals surface area contributed by atoms with Crippen LogP contribution < -0.4 is 5.73 Å². The summed E-state index contributed by atoms with van der Waals surface area (Å²) in [5.41, 5.74) is 5.64. The molecule has 0 bridgehead atoms. The summed E-state index contributed by atoms with van der Waals surface area (Å²) in [4.78, 5) is 4.31. The third-order valence-corrected chi connectivity index (χ3v) is 3.44. The fraction of sp³-hybridized carbons (Fsp3) is 0.818. The van der Waals surface area contributed by atoms with Crippen molar-refractivity contribution in [3.63, 3.8) is 0 Å². The van der Waals surface area contributed by atoms with E-state index in [-0.39, 0.29) is 12.0 Å². The summed E-state index contributed by atoms with van der Waals surface area (Å²) in [6, 6.07) is -0.537. The predicted molar refractivity (Wildman–Crippen MR) is 58.7 cm³/mol. The maximum atomic E-state index is 8.93. The highest BCUT2D eigenvalue weighted by Gasteiger charge is 2.34. The van der Waals surface area contributed by atoms with Gasteiger partial charge < -0.3 is 15.4 Å². The molecule has 5 heteroatoms. The van der Waals surface area contributed by atoms with Gasteiger partial charge in [0.2, 0.25) is 5.89 Å². The first-order valence-corrected chi connectivity index (χ1v) is 5.86. The van der Waals surface area contributed by atoms with Crippen LogP contribution in [-0.4, -0.2) is 21.9 Å². The smallest absolute Gasteiger partial charge is 0.232 e. The van der Waals surface area contributed by atoms with Gasteiger partial charge in [-0.15, -0.1) is 0 Å². The second-order valence-electron chi connectivity index (χ2n) is 4.87. The van der Waals surface area contributed by atoms with Gasteiger partial charge in [0.1, 0.15) is 0 Å². The molecule has 2 rings (SSSR count). The quantitative estimate of drug-likeness (QED) is 0.809. The summed E-state index contributed by atoms with van der Waals surface area (Å²) in [6.45, 7) is 2.00. The lowest BCUT2D eigenvalue weighted by atomic mass is 9.75. The number of rotatable bonds is 3. The summed E-state index contributed by atoms with van der Waals surface area (Å²) in [6.07, 6.45) is 5.87. The highest BCUT2D eigenvalue weighted by molar-refractivity contribution is 5.06. The Morgan fingerprint density at radius 1 is 1.44 bits per heavy atom. The van der Waals surface area contributed by atoms with Crippen LogP contribution in [0.2, 0.25) is 0 Å². The third-order valence-electron chi connectivity index (χ3n) is 3.44. The fourth-order valence-electron chi connectivity index (χ4n) is 2.26. The fourth-order valence-corrected chi connectivity index (χ4v) is 2.26. The second kappa shape index (κ2) is 4.51. The molecule has 1 fully saturated rings. The van der Waals surface area contributed by atoms with Crippen molar-refractivity contribution in [2.24, 2.45) is 5.73 Å². The SMILES string of the molecule is CC1(c2nc(C(N)CO)no2)CCCCC1. The Bertz CT molecular complexity index is 345. The molecule has 0 aromatic carbocycles. The maximum absolute atomic E-state index is 8.93. The Balaban J connectivity index is 2.17. The van der Waals surface area contributed by atoms with Crippen molar-refractivity contribution in [1.82, 2.24) is 10.1 Å². The molecule has 3 N–H and O–H groups in total. The number of nitrogens with two attached hydrogens (primary N) is 1. The van der Waals surface area contributed by atoms with Crippen LogP contribution in [0.4, 0.5) is 0 Å². The van der Waals surface area contributed by atoms with Crippen LogP contribution in [-0.2, 0) is 5.41 Å². The van der Waals surface area contributed by atoms with E-state index in [4.69, 9.17) is 15.4 Å². The number of hydrogen-bond donors (Lipinski definition) is 2. The van der Waals surface area contributed by atoms with E-state index in [1.165, 1.54) is 19.3 Å². The summed E-state index contributed by atoms with van der Waals surface area (Å²) in [5.74, 6) is 1.08. The van der Waals surface area contributed by atoms with Gasteiger partial charge in [-0.1, -0.05) is 31.3 Å². The predicted octanol–water partition coefficient (Wildman–Crippen LogP) is 1.28. The molecule has 1 aliphatic rings. The lowest BCUT2D eigenvalue weighted by Crippen LogP contribution is -2.25. The monoisotopic (exact) mass is 225 g/mol. The van der Waals surface area contributed by atoms with E-state index in [2.05, 4.69) is 17.1 Å². The van der Waals surface area contributed by atoms with Gasteiger partial charge in [-0.25, -0.2) is 0 Å². The van der Waals surface area contributed by atoms with Crippen LogP contribution in [0.5, 0.6) is 0 Å². The standard InChI is InChI=1S/C11H19N3O2/c1-11(5-3-2-4-6-11)10-13-9(14-16-10)8(12)7-15/h8,15H,2-7,12H2,1H3. The molecule has 0 amide bonds. The van der Waals surface area contributed by atoms with Crippen molar-refractivity contribution in [2.75, 3.05) is 6.61 Å². The lowest BCUT2D eigenvalue weighted by Gasteiger charge is -2.29. The van der Waals surface area contributed by atoms with Crippen LogP contribution in [0.25, 0.3) is 0 Å². The summed E-state index contributed by atoms with van der Waals surface area (Å²) in [5, 5.41) is 12.8. The summed E-state index contributed by atoms with van der Waals surface area (Å²) >= 11 is 0. The first-order chi connectivity index (χ1) is 7.65. The number of aliphatic hydroxyl groups is 1. The van der Waals surface area contributed by atoms with Crippen molar-refractivity contribution >= 4 is 0 Å². The largest absolute Gasteiger partial charge is 0.394 e. The molecule has 0 aliphatic heterocycles. The van der Waals surface area contributed by atoms with Gasteiger partial charge in [-0.3, -0.25) is 0 Å². The molecule has 90 valence electrons. The van der Waals surface area contributed by atoms with Gasteiger partial charge in [0.15, 0.2) is 5.82 Å². The van der Waals surface area contributed by atoms with Gasteiger partial charge in [0, 0.05) is 5.41 Å². The minimum absolute atomic E-state index is 0.00131. The Morgan fingerprint density at radius 3 is 2.75 bits per heavy atom. The molecular weight excluding hydrogens is 206 g/mol. The van der Waals surface area contributed by atoms with E-state index in [0.717, 1.165) is 12.8 Å². The third kappa shape index (κ3) is 2.10. The first-order valence-electron chi connectivity index (χ1n) is 5.86. The molecule has 1 aliphatic carbocycles. The molecule has 0 radical (unpaired) electrons. The van der Waals surface area contributed by atoms with Crippen LogP contribution in [0.3, 0.4) is 0 Å². The number of hydrogen-bond acceptors (Lipinski definition) is 5. The molecule has 1 aromatic heterocycles. The van der Waals surface area contributed by atoms with Gasteiger partial charge in [0.05, 0.1) is 12.6 Å². The van der Waals surface area contributed by atoms with Crippen LogP contribution in [0.15, 0.2) is 4.52 Å². The van der Waals surface area contributed by atoms with E-state index in [1.54, 1.807) is 0 Å². The molecule has 1 aromatic rings. The molecule has 1 heterocycles. The molecule has 1 atom stereocenters. The van der Waals surface area contributed by atoms with Crippen molar-refractivity contribution in [3.05, 3.63) is 11.7 Å². The van der Waals surface area contributed by atoms with Crippen LogP contribution in [0.1, 0.15) is 56.8 Å². The molecule has 1 saturated carbocycles. The average molecular weight is 225 g/mol. The van der Waals surface area contributed by atoms with E-state index in [9.17, 15) is 0 Å². The van der Waals surface area contributed by atoms with E-state index in [1.807, 2.05) is 0 Å². The van der Waals surface area contributed by atoms with Crippen molar-refractivity contribution in [2.45, 2.75) is 50.5 Å². The normalized spacial score (nSPS) is 21.9. The van der Waals surface area contributed by atoms with E-state index < -0.39 is 6.04 Å². The number of aliphatic hydroxyl groups excluding tert-OH is 1. The van der Waals surface area contributed by atoms with Crippen molar-refractivity contribution in [3.8, 4) is 0 Å². The van der Waals surface area contributed by atoms with Crippen molar-refractivity contribution in [1.29, 1.82) is 0 Å². The Hall–Kier alpha value is -0.940. The Morgan fingerprint density at radius 2 is 2.12 bits per heavy atom. The van der Waals surface area contributed by atoms with Gasteiger partial charge in [-0.05, 0) is 12.8 Å². The average Bonchev–Trinajstić information content (AvgIpc) is 2.79. The van der Waals surface area contributed by atoms with Gasteiger partial charge >= 0.3 is 0 Å². The second-order valence-corrected chi connectivity index (χ2v) is 4.87. The zero-order chi connectivity index (χ0) is 11.6. The molecule has 5 nitrogen and oxygen atoms in total. The minimum Gasteiger partial charge on any atom is -0.394 e. The van der Waals surface area contributed by atoms with Gasteiger partial charge in [0.25, 0.3) is 0 Å². The Labute approximate surface area is 95.0 Å². The highest BCUT2D eigenvalue weighted by Crippen LogP contribution is 2.38. The highest BCUT2D eigenvalue weighted by atomic mass is 16.5. The molecule has 0 spiro atoms. The van der Waals surface area contributed by atoms with Crippen LogP contribution in [0, 0.1) is 0 Å². The van der Waals surface area contributed by atoms with E-state index in [0.29, 0.717) is 11.7 Å². The number of nitrogens with zero attached hydrogens (tertiary/aromatic N) is 2. The Kier molecular flexibility index (Phi) is 3.25. The maximum Gasteiger partial charge on any atom is 0.232 e. The van der Waals surface area contributed by atoms with Gasteiger partial charge in [-0.2, -0.15) is 4.98 Å². The first kappa shape index (κ1) is 11.5. The summed E-state index contributed by atoms with van der Waals surface area (Å²) in [7, 11) is 0. The minimum atomic E-state index is -0.537. The van der Waals surface area contributed by atoms with E-state index >= 15 is 0 Å². The molecule has 1 unspecified atom stereocenters. The zero-order valence-electron chi connectivity index (χ0n) is 9.65. The molecule has 16 heavy (non-hydrogen) atoms. The zero-order valence-corrected chi connectivity index (χ0v) is 9.65. The molecule has 0 saturated heterocycles. The number of aromatic nitrogens is 2. The topological polar surface area (TPSA) is 85.2 Å². The summed E-state index contributed by atoms with van der Waals surface area (Å²) < 4.78 is 5.28. The lowest BCUT2D eigenvalue weighted by molar-refractivity contribution is 0.229. The van der Waals surface area contributed by atoms with Crippen molar-refractivity contribution < 1.29 is 9.63 Å².